The molecule has 0 radical (unpaired) electrons. The summed E-state index contributed by atoms with van der Waals surface area (Å²) < 4.78 is 0.878. The summed E-state index contributed by atoms with van der Waals surface area (Å²) in [5.74, 6) is 0.0148. The molecule has 2 nitrogen and oxygen atoms in total. The molecule has 1 aliphatic rings. The van der Waals surface area contributed by atoms with Gasteiger partial charge < -0.3 is 4.90 Å². The highest BCUT2D eigenvalue weighted by Crippen LogP contribution is 2.37. The summed E-state index contributed by atoms with van der Waals surface area (Å²) in [6, 6.07) is 5.73. The normalized spacial score (nSPS) is 18.9. The van der Waals surface area contributed by atoms with E-state index in [0.29, 0.717) is 22.0 Å². The van der Waals surface area contributed by atoms with Crippen molar-refractivity contribution in [2.75, 3.05) is 7.05 Å². The van der Waals surface area contributed by atoms with Crippen LogP contribution in [0.3, 0.4) is 0 Å². The van der Waals surface area contributed by atoms with Crippen molar-refractivity contribution in [1.29, 1.82) is 0 Å². The van der Waals surface area contributed by atoms with Gasteiger partial charge in [-0.25, -0.2) is 0 Å². The summed E-state index contributed by atoms with van der Waals surface area (Å²) in [4.78, 5) is 14.5. The van der Waals surface area contributed by atoms with Crippen LogP contribution >= 0.6 is 27.5 Å². The zero-order valence-electron chi connectivity index (χ0n) is 12.2. The van der Waals surface area contributed by atoms with Gasteiger partial charge in [-0.15, -0.1) is 0 Å². The minimum absolute atomic E-state index is 0.0148. The Morgan fingerprint density at radius 1 is 1.35 bits per heavy atom. The Balaban J connectivity index is 2.11. The fraction of sp³-hybridized carbons (Fsp3) is 0.562. The Morgan fingerprint density at radius 2 is 1.95 bits per heavy atom. The molecule has 0 aromatic heterocycles. The molecule has 0 spiro atoms. The quantitative estimate of drug-likeness (QED) is 0.716. The molecule has 1 aromatic carbocycles. The Morgan fingerprint density at radius 3 is 2.55 bits per heavy atom. The lowest BCUT2D eigenvalue weighted by Gasteiger charge is -2.38. The first-order chi connectivity index (χ1) is 9.30. The van der Waals surface area contributed by atoms with Crippen LogP contribution in [0, 0.1) is 5.41 Å². The first-order valence-electron chi connectivity index (χ1n) is 7.02. The molecule has 1 aromatic rings. The molecule has 0 heterocycles. The van der Waals surface area contributed by atoms with Gasteiger partial charge in [-0.3, -0.25) is 4.79 Å². The zero-order valence-corrected chi connectivity index (χ0v) is 14.6. The first-order valence-corrected chi connectivity index (χ1v) is 8.19. The maximum Gasteiger partial charge on any atom is 0.255 e. The minimum Gasteiger partial charge on any atom is -0.339 e. The van der Waals surface area contributed by atoms with E-state index in [9.17, 15) is 4.79 Å². The van der Waals surface area contributed by atoms with Gasteiger partial charge in [0.15, 0.2) is 0 Å². The highest BCUT2D eigenvalue weighted by atomic mass is 79.9. The van der Waals surface area contributed by atoms with Gasteiger partial charge >= 0.3 is 0 Å². The molecular weight excluding hydrogens is 338 g/mol. The highest BCUT2D eigenvalue weighted by Gasteiger charge is 2.31. The number of hydrogen-bond acceptors (Lipinski definition) is 1. The number of hydrogen-bond donors (Lipinski definition) is 0. The second-order valence-electron chi connectivity index (χ2n) is 6.44. The monoisotopic (exact) mass is 357 g/mol. The van der Waals surface area contributed by atoms with Crippen LogP contribution in [-0.4, -0.2) is 23.9 Å². The van der Waals surface area contributed by atoms with E-state index < -0.39 is 0 Å². The van der Waals surface area contributed by atoms with Crippen LogP contribution in [0.25, 0.3) is 0 Å². The summed E-state index contributed by atoms with van der Waals surface area (Å²) in [5.41, 5.74) is 0.988. The van der Waals surface area contributed by atoms with Crippen molar-refractivity contribution in [2.24, 2.45) is 5.41 Å². The van der Waals surface area contributed by atoms with Crippen LogP contribution in [0.4, 0.5) is 0 Å². The van der Waals surface area contributed by atoms with E-state index in [0.717, 1.165) is 17.3 Å². The molecule has 0 bridgehead atoms. The van der Waals surface area contributed by atoms with E-state index in [1.807, 2.05) is 18.0 Å². The van der Waals surface area contributed by atoms with E-state index >= 15 is 0 Å². The lowest BCUT2D eigenvalue weighted by Crippen LogP contribution is -2.41. The molecule has 0 atom stereocenters. The number of carbonyl (C=O) groups excluding carboxylic acids is 1. The second-order valence-corrected chi connectivity index (χ2v) is 7.76. The molecule has 1 amide bonds. The number of rotatable bonds is 2. The van der Waals surface area contributed by atoms with Crippen LogP contribution in [0.2, 0.25) is 5.02 Å². The Kier molecular flexibility index (Phi) is 4.80. The number of carbonyl (C=O) groups is 1. The molecule has 4 heteroatoms. The maximum atomic E-state index is 12.6. The molecule has 110 valence electrons. The molecular formula is C16H21BrClNO. The molecule has 1 aliphatic carbocycles. The van der Waals surface area contributed by atoms with Crippen molar-refractivity contribution in [3.05, 3.63) is 33.3 Å². The standard InChI is InChI=1S/C16H21BrClNO/c1-16(2)8-6-12(7-9-16)19(3)15(20)13-10-11(17)4-5-14(13)18/h4-5,10,12H,6-9H2,1-3H3. The van der Waals surface area contributed by atoms with Gasteiger partial charge in [-0.05, 0) is 49.3 Å². The summed E-state index contributed by atoms with van der Waals surface area (Å²) in [6.07, 6.45) is 4.48. The topological polar surface area (TPSA) is 20.3 Å². The zero-order chi connectivity index (χ0) is 14.9. The van der Waals surface area contributed by atoms with Gasteiger partial charge in [0.1, 0.15) is 0 Å². The van der Waals surface area contributed by atoms with Crippen molar-refractivity contribution >= 4 is 33.4 Å². The largest absolute Gasteiger partial charge is 0.339 e. The average Bonchev–Trinajstić information content (AvgIpc) is 2.40. The third kappa shape index (κ3) is 3.56. The fourth-order valence-electron chi connectivity index (χ4n) is 2.79. The van der Waals surface area contributed by atoms with E-state index in [2.05, 4.69) is 29.8 Å². The molecule has 20 heavy (non-hydrogen) atoms. The molecule has 0 saturated heterocycles. The van der Waals surface area contributed by atoms with Gasteiger partial charge in [0, 0.05) is 17.6 Å². The van der Waals surface area contributed by atoms with Crippen molar-refractivity contribution in [3.8, 4) is 0 Å². The molecule has 2 rings (SSSR count). The van der Waals surface area contributed by atoms with E-state index in [1.165, 1.54) is 12.8 Å². The van der Waals surface area contributed by atoms with E-state index in [-0.39, 0.29) is 5.91 Å². The average molecular weight is 359 g/mol. The van der Waals surface area contributed by atoms with Crippen molar-refractivity contribution in [1.82, 2.24) is 4.90 Å². The Labute approximate surface area is 134 Å². The Bertz CT molecular complexity index is 505. The van der Waals surface area contributed by atoms with E-state index in [4.69, 9.17) is 11.6 Å². The SMILES string of the molecule is CN(C(=O)c1cc(Br)ccc1Cl)C1CCC(C)(C)CC1. The first kappa shape index (κ1) is 15.8. The maximum absolute atomic E-state index is 12.6. The molecule has 1 fully saturated rings. The summed E-state index contributed by atoms with van der Waals surface area (Å²) >= 11 is 9.55. The summed E-state index contributed by atoms with van der Waals surface area (Å²) in [6.45, 7) is 4.60. The lowest BCUT2D eigenvalue weighted by atomic mass is 9.75. The highest BCUT2D eigenvalue weighted by molar-refractivity contribution is 9.10. The van der Waals surface area contributed by atoms with Crippen LogP contribution in [0.15, 0.2) is 22.7 Å². The molecule has 0 aliphatic heterocycles. The van der Waals surface area contributed by atoms with Crippen LogP contribution in [-0.2, 0) is 0 Å². The van der Waals surface area contributed by atoms with Crippen LogP contribution < -0.4 is 0 Å². The van der Waals surface area contributed by atoms with Gasteiger partial charge in [0.25, 0.3) is 5.91 Å². The van der Waals surface area contributed by atoms with E-state index in [1.54, 1.807) is 12.1 Å². The van der Waals surface area contributed by atoms with Crippen LogP contribution in [0.5, 0.6) is 0 Å². The Hall–Kier alpha value is -0.540. The van der Waals surface area contributed by atoms with Gasteiger partial charge in [0.2, 0.25) is 0 Å². The number of benzene rings is 1. The molecule has 1 saturated carbocycles. The molecule has 0 unspecified atom stereocenters. The molecule has 0 N–H and O–H groups in total. The predicted molar refractivity (Wildman–Crippen MR) is 87.3 cm³/mol. The third-order valence-corrected chi connectivity index (χ3v) is 5.16. The van der Waals surface area contributed by atoms with Crippen molar-refractivity contribution < 1.29 is 4.79 Å². The van der Waals surface area contributed by atoms with Gasteiger partial charge in [0.05, 0.1) is 10.6 Å². The van der Waals surface area contributed by atoms with Crippen LogP contribution in [0.1, 0.15) is 49.9 Å². The van der Waals surface area contributed by atoms with Gasteiger partial charge in [-0.1, -0.05) is 41.4 Å². The summed E-state index contributed by atoms with van der Waals surface area (Å²) in [7, 11) is 1.89. The van der Waals surface area contributed by atoms with Gasteiger partial charge in [-0.2, -0.15) is 0 Å². The lowest BCUT2D eigenvalue weighted by molar-refractivity contribution is 0.0635. The third-order valence-electron chi connectivity index (χ3n) is 4.34. The number of nitrogens with zero attached hydrogens (tertiary/aromatic N) is 1. The predicted octanol–water partition coefficient (Wildman–Crippen LogP) is 5.14. The number of amides is 1. The van der Waals surface area contributed by atoms with Crippen molar-refractivity contribution in [2.45, 2.75) is 45.6 Å². The summed E-state index contributed by atoms with van der Waals surface area (Å²) in [5, 5.41) is 0.515. The van der Waals surface area contributed by atoms with Crippen molar-refractivity contribution in [3.63, 3.8) is 0 Å². The minimum atomic E-state index is 0.0148. The second kappa shape index (κ2) is 6.07. The smallest absolute Gasteiger partial charge is 0.255 e. The fourth-order valence-corrected chi connectivity index (χ4v) is 3.35. The number of halogens is 2.